The van der Waals surface area contributed by atoms with Crippen LogP contribution in [0.3, 0.4) is 0 Å². The molecule has 0 N–H and O–H groups in total. The molecule has 0 bridgehead atoms. The van der Waals surface area contributed by atoms with E-state index in [0.717, 1.165) is 32.7 Å². The van der Waals surface area contributed by atoms with Crippen molar-refractivity contribution in [2.45, 2.75) is 51.6 Å². The number of allylic oxidation sites excluding steroid dienone is 1. The first-order valence-corrected chi connectivity index (χ1v) is 19.4. The Bertz CT molecular complexity index is 2860. The second-order valence-corrected chi connectivity index (χ2v) is 14.8. The van der Waals surface area contributed by atoms with Crippen molar-refractivity contribution < 1.29 is 23.2 Å². The summed E-state index contributed by atoms with van der Waals surface area (Å²) in [5.74, 6) is -0.868. The largest absolute Gasteiger partial charge is 0.304 e. The average molecular weight is 803 g/mol. The zero-order valence-corrected chi connectivity index (χ0v) is 33.0. The Kier molecular flexibility index (Phi) is 12.1. The number of fused-ring (bicyclic) bond motifs is 6. The number of nitrogens with zero attached hydrogens (tertiary/aromatic N) is 4. The molecular formula is C49H40F2N4O5. The van der Waals surface area contributed by atoms with Crippen LogP contribution in [0.2, 0.25) is 0 Å². The van der Waals surface area contributed by atoms with E-state index in [4.69, 9.17) is 0 Å². The first kappa shape index (κ1) is 40.9. The molecule has 0 saturated heterocycles. The van der Waals surface area contributed by atoms with E-state index in [-0.39, 0.29) is 59.1 Å². The van der Waals surface area contributed by atoms with Gasteiger partial charge in [-0.1, -0.05) is 68.5 Å². The van der Waals surface area contributed by atoms with E-state index in [0.29, 0.717) is 52.2 Å². The van der Waals surface area contributed by atoms with Crippen LogP contribution in [0.4, 0.5) is 8.78 Å². The van der Waals surface area contributed by atoms with Gasteiger partial charge in [0.25, 0.3) is 11.1 Å². The Morgan fingerprint density at radius 1 is 0.600 bits per heavy atom. The fraction of sp³-hybridized carbons (Fsp3) is 0.163. The van der Waals surface area contributed by atoms with Gasteiger partial charge in [-0.3, -0.25) is 29.1 Å². The molecule has 4 aromatic heterocycles. The van der Waals surface area contributed by atoms with Crippen molar-refractivity contribution >= 4 is 61.2 Å². The maximum absolute atomic E-state index is 13.2. The van der Waals surface area contributed by atoms with Gasteiger partial charge >= 0.3 is 0 Å². The molecule has 60 heavy (non-hydrogen) atoms. The van der Waals surface area contributed by atoms with E-state index < -0.39 is 0 Å². The topological polar surface area (TPSA) is 121 Å². The number of carbonyl (C=O) groups is 3. The van der Waals surface area contributed by atoms with Gasteiger partial charge in [0.2, 0.25) is 0 Å². The molecule has 0 aliphatic rings. The van der Waals surface area contributed by atoms with Crippen molar-refractivity contribution in [2.75, 3.05) is 0 Å². The number of halogens is 2. The van der Waals surface area contributed by atoms with Gasteiger partial charge in [-0.05, 0) is 82.3 Å². The van der Waals surface area contributed by atoms with E-state index in [1.165, 1.54) is 35.0 Å². The average Bonchev–Trinajstić information content (AvgIpc) is 3.26. The third kappa shape index (κ3) is 8.33. The summed E-state index contributed by atoms with van der Waals surface area (Å²) in [4.78, 5) is 71.0. The number of Topliss-reactive ketones (excluding diaryl/α,β-unsaturated/α-hetero) is 2. The molecule has 8 aromatic rings. The van der Waals surface area contributed by atoms with E-state index in [2.05, 4.69) is 16.5 Å². The fourth-order valence-electron chi connectivity index (χ4n) is 7.60. The predicted octanol–water partition coefficient (Wildman–Crippen LogP) is 9.52. The molecule has 11 heteroatoms. The number of aldehydes is 1. The molecule has 4 heterocycles. The third-order valence-electron chi connectivity index (χ3n) is 10.8. The van der Waals surface area contributed by atoms with Crippen molar-refractivity contribution in [1.82, 2.24) is 19.1 Å². The first-order valence-electron chi connectivity index (χ1n) is 19.4. The summed E-state index contributed by atoms with van der Waals surface area (Å²) < 4.78 is 29.3. The second kappa shape index (κ2) is 17.7. The highest BCUT2D eigenvalue weighted by atomic mass is 19.1. The number of ketones is 2. The zero-order chi connectivity index (χ0) is 42.5. The Morgan fingerprint density at radius 2 is 1.02 bits per heavy atom. The van der Waals surface area contributed by atoms with Gasteiger partial charge in [-0.25, -0.2) is 8.78 Å². The van der Waals surface area contributed by atoms with Crippen molar-refractivity contribution in [3.8, 4) is 0 Å². The minimum absolute atomic E-state index is 0.0267. The lowest BCUT2D eigenvalue weighted by molar-refractivity contribution is -0.108. The number of carbonyl (C=O) groups excluding carboxylic acids is 3. The van der Waals surface area contributed by atoms with Crippen molar-refractivity contribution in [3.63, 3.8) is 0 Å². The fourth-order valence-corrected chi connectivity index (χ4v) is 7.60. The molecule has 0 fully saturated rings. The Balaban J connectivity index is 0.000000181. The summed E-state index contributed by atoms with van der Waals surface area (Å²) in [5.41, 5.74) is 3.54. The van der Waals surface area contributed by atoms with Crippen LogP contribution in [0.1, 0.15) is 70.4 Å². The maximum Gasteiger partial charge on any atom is 0.260 e. The van der Waals surface area contributed by atoms with Crippen molar-refractivity contribution in [1.29, 1.82) is 0 Å². The molecule has 0 radical (unpaired) electrons. The number of rotatable bonds is 12. The van der Waals surface area contributed by atoms with Crippen LogP contribution in [0, 0.1) is 11.6 Å². The van der Waals surface area contributed by atoms with Gasteiger partial charge in [0.15, 0.2) is 11.6 Å². The highest BCUT2D eigenvalue weighted by Crippen LogP contribution is 2.28. The van der Waals surface area contributed by atoms with Gasteiger partial charge < -0.3 is 13.9 Å². The zero-order valence-electron chi connectivity index (χ0n) is 33.0. The summed E-state index contributed by atoms with van der Waals surface area (Å²) in [6.45, 7) is 7.84. The molecule has 0 aliphatic carbocycles. The molecule has 300 valence electrons. The Labute approximate surface area is 343 Å². The molecule has 8 rings (SSSR count). The lowest BCUT2D eigenvalue weighted by Gasteiger charge is -2.14. The SMILES string of the molecule is C=CCn1c(=O)c2cnccc2c2ccc(C(=O)C[C@H](C)c3ccc(F)cc3)cc21.C[C@@H](CC(=O)c1ccc2c3ccncc3c(=O)n(CC=O)c2c1)c1ccc(F)cc1. The van der Waals surface area contributed by atoms with Crippen molar-refractivity contribution in [3.05, 3.63) is 189 Å². The van der Waals surface area contributed by atoms with E-state index >= 15 is 0 Å². The van der Waals surface area contributed by atoms with Crippen LogP contribution in [-0.4, -0.2) is 37.0 Å². The minimum atomic E-state index is -0.318. The molecule has 0 aliphatic heterocycles. The quantitative estimate of drug-likeness (QED) is 0.0522. The number of pyridine rings is 4. The summed E-state index contributed by atoms with van der Waals surface area (Å²) >= 11 is 0. The lowest BCUT2D eigenvalue weighted by Crippen LogP contribution is -2.22. The van der Waals surface area contributed by atoms with Gasteiger partial charge in [0, 0.05) is 66.1 Å². The van der Waals surface area contributed by atoms with Gasteiger partial charge in [-0.2, -0.15) is 0 Å². The van der Waals surface area contributed by atoms with Crippen LogP contribution in [0.5, 0.6) is 0 Å². The maximum atomic E-state index is 13.2. The van der Waals surface area contributed by atoms with Crippen molar-refractivity contribution in [2.24, 2.45) is 0 Å². The summed E-state index contributed by atoms with van der Waals surface area (Å²) in [7, 11) is 0. The Morgan fingerprint density at radius 3 is 1.42 bits per heavy atom. The number of aromatic nitrogens is 4. The summed E-state index contributed by atoms with van der Waals surface area (Å²) in [6, 6.07) is 26.5. The monoisotopic (exact) mass is 802 g/mol. The first-order chi connectivity index (χ1) is 29.0. The standard InChI is InChI=1S/C25H21FN2O2.C24H19FN2O3/c1-3-12-28-23-14-18(24(29)13-16(2)17-4-7-19(26)8-5-17)6-9-21(23)20-10-11-27-15-22(20)25(28)30;1-15(16-2-5-18(25)6-3-16)12-23(29)17-4-7-20-19-8-9-26-14-21(19)24(30)27(10-11-28)22(20)13-17/h3-11,14-16H,1,12-13H2,2H3;2-9,11,13-15H,10,12H2,1H3/t16-;15-/m00/s1. The van der Waals surface area contributed by atoms with Gasteiger partial charge in [-0.15, -0.1) is 6.58 Å². The molecule has 0 unspecified atom stereocenters. The molecule has 0 amide bonds. The lowest BCUT2D eigenvalue weighted by atomic mass is 9.92. The number of hydrogen-bond donors (Lipinski definition) is 0. The molecule has 2 atom stereocenters. The van der Waals surface area contributed by atoms with E-state index in [1.807, 2.05) is 26.0 Å². The van der Waals surface area contributed by atoms with Crippen LogP contribution >= 0.6 is 0 Å². The number of benzene rings is 4. The molecule has 9 nitrogen and oxygen atoms in total. The van der Waals surface area contributed by atoms with Gasteiger partial charge in [0.05, 0.1) is 28.4 Å². The van der Waals surface area contributed by atoms with Crippen LogP contribution in [-0.2, 0) is 17.9 Å². The van der Waals surface area contributed by atoms with E-state index in [9.17, 15) is 32.8 Å². The second-order valence-electron chi connectivity index (χ2n) is 14.8. The summed E-state index contributed by atoms with van der Waals surface area (Å²) in [6.07, 6.45) is 9.17. The number of hydrogen-bond acceptors (Lipinski definition) is 7. The summed E-state index contributed by atoms with van der Waals surface area (Å²) in [5, 5.41) is 4.16. The molecule has 0 spiro atoms. The minimum Gasteiger partial charge on any atom is -0.304 e. The predicted molar refractivity (Wildman–Crippen MR) is 231 cm³/mol. The molecular weight excluding hydrogens is 763 g/mol. The molecule has 4 aromatic carbocycles. The van der Waals surface area contributed by atoms with E-state index in [1.54, 1.807) is 89.9 Å². The molecule has 0 saturated carbocycles. The third-order valence-corrected chi connectivity index (χ3v) is 10.8. The smallest absolute Gasteiger partial charge is 0.260 e. The van der Waals surface area contributed by atoms with Gasteiger partial charge in [0.1, 0.15) is 17.9 Å². The van der Waals surface area contributed by atoms with Crippen LogP contribution < -0.4 is 11.1 Å². The highest BCUT2D eigenvalue weighted by Gasteiger charge is 2.18. The highest BCUT2D eigenvalue weighted by molar-refractivity contribution is 6.09. The normalized spacial score (nSPS) is 12.2. The Hall–Kier alpha value is -7.27. The van der Waals surface area contributed by atoms with Crippen LogP contribution in [0.15, 0.2) is 144 Å². The van der Waals surface area contributed by atoms with Crippen LogP contribution in [0.25, 0.3) is 43.4 Å².